The molecule has 88 valence electrons. The van der Waals surface area contributed by atoms with Crippen molar-refractivity contribution in [3.05, 3.63) is 0 Å². The predicted octanol–water partition coefficient (Wildman–Crippen LogP) is 3.59. The zero-order valence-electron chi connectivity index (χ0n) is 10.5. The molecule has 2 aliphatic carbocycles. The van der Waals surface area contributed by atoms with Crippen LogP contribution in [0.25, 0.3) is 0 Å². The molecule has 2 fully saturated rings. The van der Waals surface area contributed by atoms with Crippen molar-refractivity contribution >= 4 is 0 Å². The van der Waals surface area contributed by atoms with Gasteiger partial charge in [-0.15, -0.1) is 0 Å². The Labute approximate surface area is 95.0 Å². The van der Waals surface area contributed by atoms with E-state index in [-0.39, 0.29) is 0 Å². The normalized spacial score (nSPS) is 21.6. The molecule has 0 saturated heterocycles. The van der Waals surface area contributed by atoms with E-state index in [1.165, 1.54) is 51.5 Å². The van der Waals surface area contributed by atoms with E-state index < -0.39 is 0 Å². The fraction of sp³-hybridized carbons (Fsp3) is 1.00. The van der Waals surface area contributed by atoms with Crippen LogP contribution in [0.15, 0.2) is 0 Å². The zero-order chi connectivity index (χ0) is 10.7. The Morgan fingerprint density at radius 2 is 1.60 bits per heavy atom. The Hall–Kier alpha value is -0.0400. The molecule has 1 heteroatoms. The van der Waals surface area contributed by atoms with E-state index in [1.807, 2.05) is 0 Å². The molecule has 0 aromatic heterocycles. The van der Waals surface area contributed by atoms with Gasteiger partial charge in [-0.05, 0) is 56.4 Å². The molecule has 0 unspecified atom stereocenters. The summed E-state index contributed by atoms with van der Waals surface area (Å²) in [6.45, 7) is 5.92. The highest BCUT2D eigenvalue weighted by Gasteiger charge is 2.40. The molecule has 0 spiro atoms. The maximum absolute atomic E-state index is 3.82. The molecule has 0 bridgehead atoms. The van der Waals surface area contributed by atoms with Gasteiger partial charge in [0.25, 0.3) is 0 Å². The lowest BCUT2D eigenvalue weighted by atomic mass is 10.1. The highest BCUT2D eigenvalue weighted by Crippen LogP contribution is 2.44. The molecule has 0 amide bonds. The molecule has 0 radical (unpaired) electrons. The SMILES string of the molecule is CC(C)CCCCNC(C1CC1)C1CC1. The maximum atomic E-state index is 3.82. The van der Waals surface area contributed by atoms with Gasteiger partial charge in [-0.3, -0.25) is 0 Å². The van der Waals surface area contributed by atoms with E-state index in [2.05, 4.69) is 19.2 Å². The summed E-state index contributed by atoms with van der Waals surface area (Å²) < 4.78 is 0. The fourth-order valence-corrected chi connectivity index (χ4v) is 2.58. The first-order valence-electron chi connectivity index (χ1n) is 7.00. The number of rotatable bonds is 8. The number of nitrogens with one attached hydrogen (secondary N) is 1. The minimum atomic E-state index is 0.882. The van der Waals surface area contributed by atoms with Gasteiger partial charge >= 0.3 is 0 Å². The van der Waals surface area contributed by atoms with Gasteiger partial charge in [0.1, 0.15) is 0 Å². The third kappa shape index (κ3) is 4.14. The maximum Gasteiger partial charge on any atom is 0.0124 e. The quantitative estimate of drug-likeness (QED) is 0.602. The van der Waals surface area contributed by atoms with Crippen molar-refractivity contribution in [2.75, 3.05) is 6.54 Å². The standard InChI is InChI=1S/C14H27N/c1-11(2)5-3-4-10-15-14(12-6-7-12)13-8-9-13/h11-15H,3-10H2,1-2H3. The van der Waals surface area contributed by atoms with Gasteiger partial charge in [-0.2, -0.15) is 0 Å². The van der Waals surface area contributed by atoms with E-state index in [0.717, 1.165) is 23.8 Å². The van der Waals surface area contributed by atoms with E-state index in [0.29, 0.717) is 0 Å². The molecule has 2 rings (SSSR count). The summed E-state index contributed by atoms with van der Waals surface area (Å²) in [6.07, 6.45) is 10.2. The molecular weight excluding hydrogens is 182 g/mol. The second-order valence-corrected chi connectivity index (χ2v) is 6.04. The van der Waals surface area contributed by atoms with Crippen molar-refractivity contribution in [1.29, 1.82) is 0 Å². The van der Waals surface area contributed by atoms with Crippen molar-refractivity contribution < 1.29 is 0 Å². The Kier molecular flexibility index (Phi) is 4.07. The first-order chi connectivity index (χ1) is 7.27. The highest BCUT2D eigenvalue weighted by atomic mass is 14.9. The van der Waals surface area contributed by atoms with Crippen molar-refractivity contribution in [3.8, 4) is 0 Å². The number of hydrogen-bond acceptors (Lipinski definition) is 1. The van der Waals surface area contributed by atoms with Crippen molar-refractivity contribution in [3.63, 3.8) is 0 Å². The molecule has 1 N–H and O–H groups in total. The summed E-state index contributed by atoms with van der Waals surface area (Å²) >= 11 is 0. The summed E-state index contributed by atoms with van der Waals surface area (Å²) in [7, 11) is 0. The van der Waals surface area contributed by atoms with Gasteiger partial charge in [0.2, 0.25) is 0 Å². The average Bonchev–Trinajstić information content (AvgIpc) is 3.00. The molecule has 0 aromatic carbocycles. The Morgan fingerprint density at radius 3 is 2.07 bits per heavy atom. The van der Waals surface area contributed by atoms with Gasteiger partial charge < -0.3 is 5.32 Å². The van der Waals surface area contributed by atoms with Gasteiger partial charge in [-0.25, -0.2) is 0 Å². The first-order valence-corrected chi connectivity index (χ1v) is 7.00. The van der Waals surface area contributed by atoms with Gasteiger partial charge in [-0.1, -0.05) is 26.7 Å². The first kappa shape index (κ1) is 11.4. The van der Waals surface area contributed by atoms with Crippen LogP contribution in [-0.4, -0.2) is 12.6 Å². The molecular formula is C14H27N. The fourth-order valence-electron chi connectivity index (χ4n) is 2.58. The molecule has 2 saturated carbocycles. The van der Waals surface area contributed by atoms with Crippen molar-refractivity contribution in [2.45, 2.75) is 64.8 Å². The smallest absolute Gasteiger partial charge is 0.0124 e. The topological polar surface area (TPSA) is 12.0 Å². The molecule has 0 aromatic rings. The van der Waals surface area contributed by atoms with E-state index >= 15 is 0 Å². The zero-order valence-corrected chi connectivity index (χ0v) is 10.5. The Balaban J connectivity index is 1.51. The van der Waals surface area contributed by atoms with Crippen LogP contribution in [0, 0.1) is 17.8 Å². The largest absolute Gasteiger partial charge is 0.313 e. The van der Waals surface area contributed by atoms with Crippen LogP contribution in [0.3, 0.4) is 0 Å². The predicted molar refractivity (Wildman–Crippen MR) is 65.9 cm³/mol. The molecule has 0 heterocycles. The summed E-state index contributed by atoms with van der Waals surface area (Å²) in [5.74, 6) is 3.00. The van der Waals surface area contributed by atoms with Crippen LogP contribution in [0.5, 0.6) is 0 Å². The summed E-state index contributed by atoms with van der Waals surface area (Å²) in [4.78, 5) is 0. The van der Waals surface area contributed by atoms with Crippen LogP contribution < -0.4 is 5.32 Å². The third-order valence-electron chi connectivity index (χ3n) is 3.85. The summed E-state index contributed by atoms with van der Waals surface area (Å²) in [5.41, 5.74) is 0. The van der Waals surface area contributed by atoms with Crippen LogP contribution >= 0.6 is 0 Å². The molecule has 0 aliphatic heterocycles. The lowest BCUT2D eigenvalue weighted by Gasteiger charge is -2.17. The third-order valence-corrected chi connectivity index (χ3v) is 3.85. The highest BCUT2D eigenvalue weighted by molar-refractivity contribution is 4.96. The average molecular weight is 209 g/mol. The van der Waals surface area contributed by atoms with Crippen LogP contribution in [-0.2, 0) is 0 Å². The van der Waals surface area contributed by atoms with Gasteiger partial charge in [0.05, 0.1) is 0 Å². The van der Waals surface area contributed by atoms with E-state index in [9.17, 15) is 0 Å². The number of unbranched alkanes of at least 4 members (excludes halogenated alkanes) is 1. The molecule has 15 heavy (non-hydrogen) atoms. The van der Waals surface area contributed by atoms with Gasteiger partial charge in [0, 0.05) is 6.04 Å². The minimum Gasteiger partial charge on any atom is -0.313 e. The molecule has 1 nitrogen and oxygen atoms in total. The van der Waals surface area contributed by atoms with Crippen molar-refractivity contribution in [2.24, 2.45) is 17.8 Å². The van der Waals surface area contributed by atoms with Crippen LogP contribution in [0.2, 0.25) is 0 Å². The van der Waals surface area contributed by atoms with Crippen molar-refractivity contribution in [1.82, 2.24) is 5.32 Å². The number of hydrogen-bond donors (Lipinski definition) is 1. The van der Waals surface area contributed by atoms with Crippen LogP contribution in [0.4, 0.5) is 0 Å². The lowest BCUT2D eigenvalue weighted by Crippen LogP contribution is -2.33. The minimum absolute atomic E-state index is 0.882. The molecule has 2 aliphatic rings. The summed E-state index contributed by atoms with van der Waals surface area (Å²) in [5, 5.41) is 3.82. The second-order valence-electron chi connectivity index (χ2n) is 6.04. The van der Waals surface area contributed by atoms with Gasteiger partial charge in [0.15, 0.2) is 0 Å². The summed E-state index contributed by atoms with van der Waals surface area (Å²) in [6, 6.07) is 0.907. The Bertz CT molecular complexity index is 168. The van der Waals surface area contributed by atoms with E-state index in [4.69, 9.17) is 0 Å². The second kappa shape index (κ2) is 5.34. The Morgan fingerprint density at radius 1 is 1.00 bits per heavy atom. The molecule has 0 atom stereocenters. The lowest BCUT2D eigenvalue weighted by molar-refractivity contribution is 0.405. The van der Waals surface area contributed by atoms with Crippen LogP contribution in [0.1, 0.15) is 58.8 Å². The monoisotopic (exact) mass is 209 g/mol. The van der Waals surface area contributed by atoms with E-state index in [1.54, 1.807) is 0 Å².